The Morgan fingerprint density at radius 2 is 2.05 bits per heavy atom. The van der Waals surface area contributed by atoms with Crippen LogP contribution in [0, 0.1) is 6.92 Å². The molecule has 1 saturated heterocycles. The highest BCUT2D eigenvalue weighted by atomic mass is 16.3. The standard InChI is InChI=1S/C16H20N2O2/c1-11-3-5-12(6-4-11)14(19)13-7-8-16(2,20)18-10-9-17-15(13)18/h3-6,17,20H,7-10H2,1-2H3/t16-/m0/s1. The molecule has 4 heteroatoms. The Kier molecular flexibility index (Phi) is 3.05. The quantitative estimate of drug-likeness (QED) is 0.806. The lowest BCUT2D eigenvalue weighted by Gasteiger charge is -2.40. The van der Waals surface area contributed by atoms with Crippen molar-refractivity contribution in [3.63, 3.8) is 0 Å². The molecule has 20 heavy (non-hydrogen) atoms. The molecule has 2 heterocycles. The van der Waals surface area contributed by atoms with Crippen molar-refractivity contribution >= 4 is 5.78 Å². The Bertz CT molecular complexity index is 573. The number of benzene rings is 1. The fourth-order valence-electron chi connectivity index (χ4n) is 2.96. The van der Waals surface area contributed by atoms with Crippen LogP contribution in [-0.2, 0) is 0 Å². The maximum atomic E-state index is 12.7. The fraction of sp³-hybridized carbons (Fsp3) is 0.438. The number of hydrogen-bond donors (Lipinski definition) is 2. The smallest absolute Gasteiger partial charge is 0.192 e. The summed E-state index contributed by atoms with van der Waals surface area (Å²) in [6.07, 6.45) is 1.20. The number of ketones is 1. The molecule has 0 saturated carbocycles. The summed E-state index contributed by atoms with van der Waals surface area (Å²) in [5, 5.41) is 13.6. The number of nitrogens with zero attached hydrogens (tertiary/aromatic N) is 1. The van der Waals surface area contributed by atoms with E-state index in [1.54, 1.807) is 0 Å². The van der Waals surface area contributed by atoms with Crippen molar-refractivity contribution in [3.8, 4) is 0 Å². The van der Waals surface area contributed by atoms with Gasteiger partial charge in [-0.2, -0.15) is 0 Å². The third-order valence-electron chi connectivity index (χ3n) is 4.20. The molecule has 0 unspecified atom stereocenters. The molecule has 0 bridgehead atoms. The number of hydrogen-bond acceptors (Lipinski definition) is 4. The summed E-state index contributed by atoms with van der Waals surface area (Å²) in [5.74, 6) is 0.877. The summed E-state index contributed by atoms with van der Waals surface area (Å²) in [7, 11) is 0. The van der Waals surface area contributed by atoms with Crippen molar-refractivity contribution in [1.82, 2.24) is 10.2 Å². The fourth-order valence-corrected chi connectivity index (χ4v) is 2.96. The van der Waals surface area contributed by atoms with Gasteiger partial charge in [-0.25, -0.2) is 0 Å². The molecule has 0 radical (unpaired) electrons. The van der Waals surface area contributed by atoms with Crippen LogP contribution >= 0.6 is 0 Å². The number of carbonyl (C=O) groups is 1. The number of allylic oxidation sites excluding steroid dienone is 1. The molecule has 2 aliphatic heterocycles. The predicted octanol–water partition coefficient (Wildman–Crippen LogP) is 1.80. The molecule has 1 aromatic rings. The molecular weight excluding hydrogens is 252 g/mol. The van der Waals surface area contributed by atoms with Gasteiger partial charge in [-0.15, -0.1) is 0 Å². The summed E-state index contributed by atoms with van der Waals surface area (Å²) < 4.78 is 0. The Balaban J connectivity index is 1.97. The molecule has 2 aliphatic rings. The van der Waals surface area contributed by atoms with Crippen LogP contribution in [0.3, 0.4) is 0 Å². The zero-order chi connectivity index (χ0) is 14.3. The van der Waals surface area contributed by atoms with Gasteiger partial charge in [-0.1, -0.05) is 29.8 Å². The lowest BCUT2D eigenvalue weighted by Crippen LogP contribution is -2.47. The molecule has 4 nitrogen and oxygen atoms in total. The van der Waals surface area contributed by atoms with Gasteiger partial charge in [-0.3, -0.25) is 4.79 Å². The number of aliphatic hydroxyl groups is 1. The third kappa shape index (κ3) is 2.10. The zero-order valence-corrected chi connectivity index (χ0v) is 11.9. The van der Waals surface area contributed by atoms with Gasteiger partial charge in [0.1, 0.15) is 11.5 Å². The number of rotatable bonds is 2. The van der Waals surface area contributed by atoms with Crippen molar-refractivity contribution in [2.24, 2.45) is 0 Å². The topological polar surface area (TPSA) is 52.6 Å². The first-order valence-electron chi connectivity index (χ1n) is 7.07. The first-order chi connectivity index (χ1) is 9.49. The van der Waals surface area contributed by atoms with Crippen molar-refractivity contribution < 1.29 is 9.90 Å². The number of carbonyl (C=O) groups excluding carboxylic acids is 1. The van der Waals surface area contributed by atoms with Gasteiger partial charge < -0.3 is 15.3 Å². The minimum absolute atomic E-state index is 0.0647. The maximum absolute atomic E-state index is 12.7. The maximum Gasteiger partial charge on any atom is 0.192 e. The molecule has 1 aromatic carbocycles. The SMILES string of the molecule is Cc1ccc(C(=O)C2=C3NCCN3[C@@](C)(O)CC2)cc1. The Hall–Kier alpha value is -1.81. The summed E-state index contributed by atoms with van der Waals surface area (Å²) >= 11 is 0. The highest BCUT2D eigenvalue weighted by Crippen LogP contribution is 2.35. The van der Waals surface area contributed by atoms with Gasteiger partial charge >= 0.3 is 0 Å². The molecule has 0 amide bonds. The van der Waals surface area contributed by atoms with E-state index in [1.807, 2.05) is 43.0 Å². The Morgan fingerprint density at radius 1 is 1.35 bits per heavy atom. The molecule has 2 N–H and O–H groups in total. The number of Topliss-reactive ketones (excluding diaryl/α,β-unsaturated/α-hetero) is 1. The number of aryl methyl sites for hydroxylation is 1. The first-order valence-corrected chi connectivity index (χ1v) is 7.07. The molecule has 0 aliphatic carbocycles. The molecule has 0 aromatic heterocycles. The third-order valence-corrected chi connectivity index (χ3v) is 4.20. The van der Waals surface area contributed by atoms with E-state index in [4.69, 9.17) is 0 Å². The van der Waals surface area contributed by atoms with E-state index < -0.39 is 5.72 Å². The van der Waals surface area contributed by atoms with E-state index in [2.05, 4.69) is 5.32 Å². The van der Waals surface area contributed by atoms with Crippen LogP contribution in [0.15, 0.2) is 35.7 Å². The zero-order valence-electron chi connectivity index (χ0n) is 11.9. The molecule has 0 spiro atoms. The molecular formula is C16H20N2O2. The van der Waals surface area contributed by atoms with Gasteiger partial charge in [0.25, 0.3) is 0 Å². The van der Waals surface area contributed by atoms with Crippen molar-refractivity contribution in [2.75, 3.05) is 13.1 Å². The average Bonchev–Trinajstić information content (AvgIpc) is 2.90. The second kappa shape index (κ2) is 4.63. The number of nitrogens with one attached hydrogen (secondary N) is 1. The van der Waals surface area contributed by atoms with Crippen LogP contribution in [0.2, 0.25) is 0 Å². The predicted molar refractivity (Wildman–Crippen MR) is 77.1 cm³/mol. The minimum atomic E-state index is -0.851. The van der Waals surface area contributed by atoms with Crippen LogP contribution < -0.4 is 5.32 Å². The highest BCUT2D eigenvalue weighted by molar-refractivity contribution is 6.09. The van der Waals surface area contributed by atoms with Gasteiger partial charge in [0, 0.05) is 24.2 Å². The normalized spacial score (nSPS) is 25.4. The summed E-state index contributed by atoms with van der Waals surface area (Å²) in [4.78, 5) is 14.6. The highest BCUT2D eigenvalue weighted by Gasteiger charge is 2.40. The van der Waals surface area contributed by atoms with E-state index in [0.717, 1.165) is 30.0 Å². The Labute approximate surface area is 119 Å². The second-order valence-corrected chi connectivity index (χ2v) is 5.82. The van der Waals surface area contributed by atoms with E-state index in [-0.39, 0.29) is 5.78 Å². The van der Waals surface area contributed by atoms with Crippen molar-refractivity contribution in [3.05, 3.63) is 46.8 Å². The van der Waals surface area contributed by atoms with Crippen LogP contribution in [0.4, 0.5) is 0 Å². The lowest BCUT2D eigenvalue weighted by molar-refractivity contribution is -0.0788. The molecule has 3 rings (SSSR count). The monoisotopic (exact) mass is 272 g/mol. The van der Waals surface area contributed by atoms with Crippen molar-refractivity contribution in [1.29, 1.82) is 0 Å². The largest absolute Gasteiger partial charge is 0.371 e. The van der Waals surface area contributed by atoms with Gasteiger partial charge in [0.05, 0.1) is 0 Å². The van der Waals surface area contributed by atoms with Gasteiger partial charge in [0.15, 0.2) is 5.78 Å². The van der Waals surface area contributed by atoms with Gasteiger partial charge in [0.2, 0.25) is 0 Å². The number of fused-ring (bicyclic) bond motifs is 1. The van der Waals surface area contributed by atoms with Crippen LogP contribution in [0.25, 0.3) is 0 Å². The van der Waals surface area contributed by atoms with E-state index in [0.29, 0.717) is 18.4 Å². The summed E-state index contributed by atoms with van der Waals surface area (Å²) in [6.45, 7) is 5.34. The average molecular weight is 272 g/mol. The molecule has 1 fully saturated rings. The van der Waals surface area contributed by atoms with E-state index >= 15 is 0 Å². The first kappa shape index (κ1) is 13.2. The van der Waals surface area contributed by atoms with E-state index in [1.165, 1.54) is 0 Å². The van der Waals surface area contributed by atoms with Crippen LogP contribution in [0.1, 0.15) is 35.7 Å². The minimum Gasteiger partial charge on any atom is -0.371 e. The lowest BCUT2D eigenvalue weighted by atomic mass is 9.91. The van der Waals surface area contributed by atoms with Crippen LogP contribution in [-0.4, -0.2) is 34.6 Å². The summed E-state index contributed by atoms with van der Waals surface area (Å²) in [6, 6.07) is 7.66. The molecule has 1 atom stereocenters. The molecule has 106 valence electrons. The summed E-state index contributed by atoms with van der Waals surface area (Å²) in [5.41, 5.74) is 1.80. The second-order valence-electron chi connectivity index (χ2n) is 5.82. The van der Waals surface area contributed by atoms with Gasteiger partial charge in [-0.05, 0) is 26.7 Å². The van der Waals surface area contributed by atoms with Crippen molar-refractivity contribution in [2.45, 2.75) is 32.4 Å². The Morgan fingerprint density at radius 3 is 2.75 bits per heavy atom. The van der Waals surface area contributed by atoms with E-state index in [9.17, 15) is 9.90 Å². The van der Waals surface area contributed by atoms with Crippen LogP contribution in [0.5, 0.6) is 0 Å².